The minimum atomic E-state index is -4.51. The van der Waals surface area contributed by atoms with Gasteiger partial charge < -0.3 is 14.6 Å². The fourth-order valence-electron chi connectivity index (χ4n) is 4.10. The van der Waals surface area contributed by atoms with Crippen LogP contribution < -0.4 is 10.1 Å². The van der Waals surface area contributed by atoms with Crippen molar-refractivity contribution in [1.82, 2.24) is 4.57 Å². The third-order valence-electron chi connectivity index (χ3n) is 5.71. The molecule has 4 rings (SSSR count). The third kappa shape index (κ3) is 5.40. The van der Waals surface area contributed by atoms with Gasteiger partial charge in [0.1, 0.15) is 12.4 Å². The number of aromatic nitrogens is 1. The summed E-state index contributed by atoms with van der Waals surface area (Å²) in [7, 11) is 0. The smallest absolute Gasteiger partial charge is 0.418 e. The molecule has 0 aliphatic rings. The van der Waals surface area contributed by atoms with Gasteiger partial charge in [-0.2, -0.15) is 13.2 Å². The number of ether oxygens (including phenoxy) is 1. The van der Waals surface area contributed by atoms with Crippen molar-refractivity contribution in [3.05, 3.63) is 113 Å². The molecule has 1 amide bonds. The van der Waals surface area contributed by atoms with Gasteiger partial charge in [0, 0.05) is 23.1 Å². The lowest BCUT2D eigenvalue weighted by Gasteiger charge is -2.17. The first-order chi connectivity index (χ1) is 16.6. The van der Waals surface area contributed by atoms with Crippen molar-refractivity contribution in [2.24, 2.45) is 0 Å². The average molecular weight is 479 g/mol. The number of rotatable bonds is 6. The van der Waals surface area contributed by atoms with E-state index in [1.165, 1.54) is 16.7 Å². The summed E-state index contributed by atoms with van der Waals surface area (Å²) in [5.74, 6) is 0.179. The predicted octanol–water partition coefficient (Wildman–Crippen LogP) is 7.25. The standard InChI is InChI=1S/C28H25F3N2O2/c1-18-8-6-9-21(14-18)17-35-23-11-7-10-22(16-23)32-27(34)24-15-19(2)33(20(24)3)26-13-5-4-12-25(26)28(29,30)31/h4-16H,17H2,1-3H3,(H,32,34). The van der Waals surface area contributed by atoms with E-state index in [0.717, 1.165) is 17.2 Å². The molecule has 0 saturated carbocycles. The van der Waals surface area contributed by atoms with Gasteiger partial charge in [-0.1, -0.05) is 48.0 Å². The molecule has 1 heterocycles. The second-order valence-corrected chi connectivity index (χ2v) is 8.39. The van der Waals surface area contributed by atoms with Gasteiger partial charge in [-0.3, -0.25) is 4.79 Å². The minimum Gasteiger partial charge on any atom is -0.489 e. The zero-order valence-corrected chi connectivity index (χ0v) is 19.6. The summed E-state index contributed by atoms with van der Waals surface area (Å²) in [5, 5.41) is 2.83. The largest absolute Gasteiger partial charge is 0.489 e. The summed E-state index contributed by atoms with van der Waals surface area (Å²) in [4.78, 5) is 13.1. The van der Waals surface area contributed by atoms with E-state index in [4.69, 9.17) is 4.74 Å². The molecule has 180 valence electrons. The highest BCUT2D eigenvalue weighted by Crippen LogP contribution is 2.35. The molecule has 4 nitrogen and oxygen atoms in total. The second-order valence-electron chi connectivity index (χ2n) is 8.39. The maximum atomic E-state index is 13.6. The number of anilines is 1. The minimum absolute atomic E-state index is 0.0133. The summed E-state index contributed by atoms with van der Waals surface area (Å²) in [6, 6.07) is 21.9. The van der Waals surface area contributed by atoms with Crippen molar-refractivity contribution < 1.29 is 22.7 Å². The molecule has 0 fully saturated rings. The fraction of sp³-hybridized carbons (Fsp3) is 0.179. The first-order valence-electron chi connectivity index (χ1n) is 11.1. The molecule has 35 heavy (non-hydrogen) atoms. The number of carbonyl (C=O) groups is 1. The highest BCUT2D eigenvalue weighted by atomic mass is 19.4. The molecular weight excluding hydrogens is 453 g/mol. The van der Waals surface area contributed by atoms with Crippen LogP contribution in [0, 0.1) is 20.8 Å². The summed E-state index contributed by atoms with van der Waals surface area (Å²) >= 11 is 0. The maximum absolute atomic E-state index is 13.6. The maximum Gasteiger partial charge on any atom is 0.418 e. The molecule has 1 N–H and O–H groups in total. The van der Waals surface area contributed by atoms with Gasteiger partial charge in [0.05, 0.1) is 16.8 Å². The lowest BCUT2D eigenvalue weighted by atomic mass is 10.1. The fourth-order valence-corrected chi connectivity index (χ4v) is 4.10. The van der Waals surface area contributed by atoms with Crippen LogP contribution in [0.5, 0.6) is 5.75 Å². The van der Waals surface area contributed by atoms with Crippen LogP contribution in [0.15, 0.2) is 78.9 Å². The van der Waals surface area contributed by atoms with E-state index >= 15 is 0 Å². The number of para-hydroxylation sites is 1. The lowest BCUT2D eigenvalue weighted by molar-refractivity contribution is -0.137. The third-order valence-corrected chi connectivity index (χ3v) is 5.71. The highest BCUT2D eigenvalue weighted by Gasteiger charge is 2.34. The van der Waals surface area contributed by atoms with Crippen LogP contribution in [0.4, 0.5) is 18.9 Å². The Bertz CT molecular complexity index is 1370. The van der Waals surface area contributed by atoms with E-state index in [0.29, 0.717) is 35.0 Å². The monoisotopic (exact) mass is 478 g/mol. The number of benzene rings is 3. The molecule has 0 saturated heterocycles. The van der Waals surface area contributed by atoms with Gasteiger partial charge in [0.2, 0.25) is 0 Å². The number of halogens is 3. The second kappa shape index (κ2) is 9.70. The molecule has 0 aliphatic heterocycles. The van der Waals surface area contributed by atoms with Crippen molar-refractivity contribution in [2.75, 3.05) is 5.32 Å². The number of nitrogens with zero attached hydrogens (tertiary/aromatic N) is 1. The molecule has 0 spiro atoms. The molecule has 7 heteroatoms. The van der Waals surface area contributed by atoms with E-state index in [1.807, 2.05) is 31.2 Å². The van der Waals surface area contributed by atoms with Crippen LogP contribution in [0.2, 0.25) is 0 Å². The molecule has 1 aromatic heterocycles. The molecule has 0 bridgehead atoms. The van der Waals surface area contributed by atoms with Gasteiger partial charge >= 0.3 is 6.18 Å². The van der Waals surface area contributed by atoms with Crippen LogP contribution in [-0.4, -0.2) is 10.5 Å². The van der Waals surface area contributed by atoms with Crippen LogP contribution in [0.3, 0.4) is 0 Å². The van der Waals surface area contributed by atoms with E-state index in [2.05, 4.69) is 5.32 Å². The highest BCUT2D eigenvalue weighted by molar-refractivity contribution is 6.05. The number of aryl methyl sites for hydroxylation is 2. The summed E-state index contributed by atoms with van der Waals surface area (Å²) < 4.78 is 48.0. The van der Waals surface area contributed by atoms with Gasteiger partial charge in [-0.25, -0.2) is 0 Å². The van der Waals surface area contributed by atoms with E-state index in [-0.39, 0.29) is 5.69 Å². The molecule has 0 radical (unpaired) electrons. The van der Waals surface area contributed by atoms with Crippen LogP contribution in [0.25, 0.3) is 5.69 Å². The summed E-state index contributed by atoms with van der Waals surface area (Å²) in [6.07, 6.45) is -4.51. The number of hydrogen-bond acceptors (Lipinski definition) is 2. The van der Waals surface area contributed by atoms with E-state index in [9.17, 15) is 18.0 Å². The number of carbonyl (C=O) groups excluding carboxylic acids is 1. The molecular formula is C28H25F3N2O2. The SMILES string of the molecule is Cc1cccc(COc2cccc(NC(=O)c3cc(C)n(-c4ccccc4C(F)(F)F)c3C)c2)c1. The average Bonchev–Trinajstić information content (AvgIpc) is 3.11. The van der Waals surface area contributed by atoms with Crippen molar-refractivity contribution >= 4 is 11.6 Å². The van der Waals surface area contributed by atoms with E-state index < -0.39 is 17.6 Å². The molecule has 0 aliphatic carbocycles. The Kier molecular flexibility index (Phi) is 6.69. The lowest BCUT2D eigenvalue weighted by Crippen LogP contribution is -2.15. The first-order valence-corrected chi connectivity index (χ1v) is 11.1. The number of hydrogen-bond donors (Lipinski definition) is 1. The van der Waals surface area contributed by atoms with Gasteiger partial charge in [0.25, 0.3) is 5.91 Å². The Morgan fingerprint density at radius 3 is 2.40 bits per heavy atom. The van der Waals surface area contributed by atoms with Crippen molar-refractivity contribution in [3.8, 4) is 11.4 Å². The summed E-state index contributed by atoms with van der Waals surface area (Å²) in [6.45, 7) is 5.71. The molecule has 0 atom stereocenters. The first kappa shape index (κ1) is 24.1. The summed E-state index contributed by atoms with van der Waals surface area (Å²) in [5.41, 5.74) is 3.17. The van der Waals surface area contributed by atoms with Crippen molar-refractivity contribution in [3.63, 3.8) is 0 Å². The normalized spacial score (nSPS) is 11.4. The van der Waals surface area contributed by atoms with Crippen molar-refractivity contribution in [2.45, 2.75) is 33.6 Å². The zero-order valence-electron chi connectivity index (χ0n) is 19.6. The quantitative estimate of drug-likeness (QED) is 0.317. The van der Waals surface area contributed by atoms with Crippen molar-refractivity contribution in [1.29, 1.82) is 0 Å². The Hall–Kier alpha value is -4.00. The Labute approximate surface area is 202 Å². The predicted molar refractivity (Wildman–Crippen MR) is 130 cm³/mol. The van der Waals surface area contributed by atoms with E-state index in [1.54, 1.807) is 50.2 Å². The number of nitrogens with one attached hydrogen (secondary N) is 1. The van der Waals surface area contributed by atoms with Gasteiger partial charge in [-0.15, -0.1) is 0 Å². The Morgan fingerprint density at radius 1 is 0.914 bits per heavy atom. The van der Waals surface area contributed by atoms with Crippen LogP contribution in [0.1, 0.15) is 38.4 Å². The molecule has 4 aromatic rings. The van der Waals surface area contributed by atoms with Gasteiger partial charge in [-0.05, 0) is 56.7 Å². The Balaban J connectivity index is 1.55. The molecule has 3 aromatic carbocycles. The number of alkyl halides is 3. The van der Waals surface area contributed by atoms with Crippen LogP contribution in [-0.2, 0) is 12.8 Å². The number of amides is 1. The zero-order chi connectivity index (χ0) is 25.2. The molecule has 0 unspecified atom stereocenters. The Morgan fingerprint density at radius 2 is 1.66 bits per heavy atom. The van der Waals surface area contributed by atoms with Gasteiger partial charge in [0.15, 0.2) is 0 Å². The van der Waals surface area contributed by atoms with Crippen LogP contribution >= 0.6 is 0 Å². The topological polar surface area (TPSA) is 43.3 Å².